The average molecular weight is 541 g/mol. The lowest BCUT2D eigenvalue weighted by Gasteiger charge is -2.61. The SMILES string of the molecule is c1cc2c(C34CC5CC(CC(C5)C3)C4)c(C34CC5CC(CC(C5)C3)C4)c(OCC3CO3)cc2cc1OCC1CO1. The van der Waals surface area contributed by atoms with E-state index in [1.54, 1.807) is 11.1 Å². The second-order valence-corrected chi connectivity index (χ2v) is 15.9. The molecule has 8 bridgehead atoms. The summed E-state index contributed by atoms with van der Waals surface area (Å²) in [5.41, 5.74) is 4.06. The van der Waals surface area contributed by atoms with E-state index in [0.29, 0.717) is 24.0 Å². The predicted octanol–water partition coefficient (Wildman–Crippen LogP) is 7.33. The standard InChI is InChI=1S/C36H44O4/c1-2-31-27(9-28(1)37-17-29-18-38-29)10-32(40-20-30-19-39-30)34(36-14-24-6-25(15-36)8-26(7-24)16-36)33(31)35-11-21-3-22(12-35)5-23(4-21)13-35/h1-2,9-10,21-26,29-30H,3-8,11-20H2. The molecule has 2 heterocycles. The van der Waals surface area contributed by atoms with Gasteiger partial charge in [0, 0.05) is 11.0 Å². The predicted molar refractivity (Wildman–Crippen MR) is 154 cm³/mol. The van der Waals surface area contributed by atoms with Gasteiger partial charge in [0.25, 0.3) is 0 Å². The lowest BCUT2D eigenvalue weighted by Crippen LogP contribution is -2.52. The van der Waals surface area contributed by atoms with E-state index in [1.807, 2.05) is 0 Å². The van der Waals surface area contributed by atoms with Gasteiger partial charge in [-0.1, -0.05) is 6.07 Å². The topological polar surface area (TPSA) is 43.5 Å². The Morgan fingerprint density at radius 3 is 1.57 bits per heavy atom. The second-order valence-electron chi connectivity index (χ2n) is 15.9. The van der Waals surface area contributed by atoms with Crippen molar-refractivity contribution < 1.29 is 18.9 Å². The molecule has 2 aliphatic heterocycles. The Morgan fingerprint density at radius 1 is 0.600 bits per heavy atom. The number of ether oxygens (including phenoxy) is 4. The van der Waals surface area contributed by atoms with Gasteiger partial charge >= 0.3 is 0 Å². The summed E-state index contributed by atoms with van der Waals surface area (Å²) in [5, 5.41) is 2.83. The molecule has 0 amide bonds. The largest absolute Gasteiger partial charge is 0.491 e. The van der Waals surface area contributed by atoms with Gasteiger partial charge in [-0.25, -0.2) is 0 Å². The van der Waals surface area contributed by atoms with Crippen LogP contribution in [-0.4, -0.2) is 38.6 Å². The molecule has 2 aromatic carbocycles. The van der Waals surface area contributed by atoms with Crippen LogP contribution in [-0.2, 0) is 20.3 Å². The zero-order valence-corrected chi connectivity index (χ0v) is 23.9. The summed E-state index contributed by atoms with van der Waals surface area (Å²) in [5.74, 6) is 7.73. The Bertz CT molecular complexity index is 1280. The average Bonchev–Trinajstić information content (AvgIpc) is 3.84. The van der Waals surface area contributed by atoms with E-state index < -0.39 is 0 Å². The van der Waals surface area contributed by atoms with E-state index in [4.69, 9.17) is 18.9 Å². The van der Waals surface area contributed by atoms with Gasteiger partial charge < -0.3 is 18.9 Å². The molecule has 8 saturated carbocycles. The van der Waals surface area contributed by atoms with Crippen molar-refractivity contribution >= 4 is 10.8 Å². The lowest BCUT2D eigenvalue weighted by atomic mass is 9.43. The smallest absolute Gasteiger partial charge is 0.124 e. The fraction of sp³-hybridized carbons (Fsp3) is 0.722. The molecule has 0 aromatic heterocycles. The van der Waals surface area contributed by atoms with Gasteiger partial charge in [0.2, 0.25) is 0 Å². The van der Waals surface area contributed by atoms with Crippen molar-refractivity contribution in [2.45, 2.75) is 100 Å². The quantitative estimate of drug-likeness (QED) is 0.329. The zero-order chi connectivity index (χ0) is 26.1. The molecule has 2 aromatic rings. The van der Waals surface area contributed by atoms with Crippen molar-refractivity contribution in [3.8, 4) is 11.5 Å². The van der Waals surface area contributed by atoms with Crippen molar-refractivity contribution in [1.82, 2.24) is 0 Å². The molecular weight excluding hydrogens is 496 g/mol. The third-order valence-corrected chi connectivity index (χ3v) is 12.9. The zero-order valence-electron chi connectivity index (χ0n) is 23.9. The van der Waals surface area contributed by atoms with Crippen LogP contribution in [0.5, 0.6) is 11.5 Å². The molecule has 212 valence electrons. The molecule has 0 N–H and O–H groups in total. The first-order valence-corrected chi connectivity index (χ1v) is 16.7. The van der Waals surface area contributed by atoms with Gasteiger partial charge in [0.15, 0.2) is 0 Å². The van der Waals surface area contributed by atoms with Crippen LogP contribution in [0.25, 0.3) is 10.8 Å². The first-order chi connectivity index (χ1) is 19.6. The van der Waals surface area contributed by atoms with Crippen LogP contribution in [0.4, 0.5) is 0 Å². The van der Waals surface area contributed by atoms with Crippen LogP contribution in [0.1, 0.15) is 88.2 Å². The maximum atomic E-state index is 6.92. The monoisotopic (exact) mass is 540 g/mol. The highest BCUT2D eigenvalue weighted by Crippen LogP contribution is 2.67. The maximum absolute atomic E-state index is 6.92. The van der Waals surface area contributed by atoms with Gasteiger partial charge in [-0.05, 0) is 153 Å². The summed E-state index contributed by atoms with van der Waals surface area (Å²) in [4.78, 5) is 0. The molecule has 2 saturated heterocycles. The fourth-order valence-corrected chi connectivity index (χ4v) is 12.2. The van der Waals surface area contributed by atoms with E-state index in [1.165, 1.54) is 93.6 Å². The number of hydrogen-bond donors (Lipinski definition) is 0. The van der Waals surface area contributed by atoms with Crippen molar-refractivity contribution in [1.29, 1.82) is 0 Å². The minimum Gasteiger partial charge on any atom is -0.491 e. The molecule has 2 unspecified atom stereocenters. The fourth-order valence-electron chi connectivity index (χ4n) is 12.2. The minimum atomic E-state index is 0.272. The number of epoxide rings is 2. The summed E-state index contributed by atoms with van der Waals surface area (Å²) in [7, 11) is 0. The normalized spacial score (nSPS) is 45.3. The number of fused-ring (bicyclic) bond motifs is 1. The second kappa shape index (κ2) is 8.40. The number of rotatable bonds is 8. The Labute approximate surface area is 238 Å². The molecule has 0 radical (unpaired) electrons. The Kier molecular flexibility index (Phi) is 4.99. The van der Waals surface area contributed by atoms with E-state index in [-0.39, 0.29) is 12.2 Å². The van der Waals surface area contributed by atoms with E-state index in [2.05, 4.69) is 24.3 Å². The summed E-state index contributed by atoms with van der Waals surface area (Å²) in [6.07, 6.45) is 17.8. The third kappa shape index (κ3) is 3.77. The molecule has 40 heavy (non-hydrogen) atoms. The molecular formula is C36H44O4. The highest BCUT2D eigenvalue weighted by molar-refractivity contribution is 5.91. The Balaban J connectivity index is 1.19. The van der Waals surface area contributed by atoms with Gasteiger partial charge in [-0.15, -0.1) is 0 Å². The molecule has 12 rings (SSSR count). The Hall–Kier alpha value is -1.78. The highest BCUT2D eigenvalue weighted by Gasteiger charge is 2.58. The number of hydrogen-bond acceptors (Lipinski definition) is 4. The van der Waals surface area contributed by atoms with Gasteiger partial charge in [-0.3, -0.25) is 0 Å². The summed E-state index contributed by atoms with van der Waals surface area (Å²) >= 11 is 0. The van der Waals surface area contributed by atoms with Gasteiger partial charge in [-0.2, -0.15) is 0 Å². The van der Waals surface area contributed by atoms with Crippen molar-refractivity contribution in [3.05, 3.63) is 35.4 Å². The maximum Gasteiger partial charge on any atom is 0.124 e. The third-order valence-electron chi connectivity index (χ3n) is 12.9. The molecule has 0 spiro atoms. The van der Waals surface area contributed by atoms with Gasteiger partial charge in [0.05, 0.1) is 13.2 Å². The van der Waals surface area contributed by atoms with Gasteiger partial charge in [0.1, 0.15) is 36.9 Å². The molecule has 8 aliphatic carbocycles. The van der Waals surface area contributed by atoms with Crippen molar-refractivity contribution in [2.24, 2.45) is 35.5 Å². The first kappa shape index (κ1) is 23.7. The van der Waals surface area contributed by atoms with E-state index in [0.717, 1.165) is 54.5 Å². The molecule has 2 atom stereocenters. The summed E-state index contributed by atoms with van der Waals surface area (Å²) < 4.78 is 24.2. The number of benzene rings is 2. The van der Waals surface area contributed by atoms with Crippen molar-refractivity contribution in [2.75, 3.05) is 26.4 Å². The van der Waals surface area contributed by atoms with Crippen LogP contribution in [0.2, 0.25) is 0 Å². The molecule has 4 nitrogen and oxygen atoms in total. The first-order valence-electron chi connectivity index (χ1n) is 16.7. The molecule has 10 aliphatic rings. The van der Waals surface area contributed by atoms with Crippen LogP contribution >= 0.6 is 0 Å². The molecule has 4 heteroatoms. The summed E-state index contributed by atoms with van der Waals surface area (Å²) in [6.45, 7) is 3.03. The van der Waals surface area contributed by atoms with E-state index in [9.17, 15) is 0 Å². The van der Waals surface area contributed by atoms with Crippen molar-refractivity contribution in [3.63, 3.8) is 0 Å². The minimum absolute atomic E-state index is 0.272. The Morgan fingerprint density at radius 2 is 1.07 bits per heavy atom. The molecule has 10 fully saturated rings. The van der Waals surface area contributed by atoms with Crippen LogP contribution in [0.3, 0.4) is 0 Å². The van der Waals surface area contributed by atoms with Crippen LogP contribution in [0.15, 0.2) is 24.3 Å². The van der Waals surface area contributed by atoms with E-state index >= 15 is 0 Å². The highest BCUT2D eigenvalue weighted by atomic mass is 16.6. The lowest BCUT2D eigenvalue weighted by molar-refractivity contribution is -0.0179. The summed E-state index contributed by atoms with van der Waals surface area (Å²) in [6, 6.07) is 9.45. The van der Waals surface area contributed by atoms with Crippen LogP contribution in [0, 0.1) is 35.5 Å². The van der Waals surface area contributed by atoms with Crippen LogP contribution < -0.4 is 9.47 Å².